The number of thiazole rings is 1. The molecule has 16 nitrogen and oxygen atoms in total. The van der Waals surface area contributed by atoms with Crippen LogP contribution in [0.5, 0.6) is 5.75 Å². The van der Waals surface area contributed by atoms with Crippen molar-refractivity contribution < 1.29 is 43.8 Å². The number of pyridine rings is 1. The van der Waals surface area contributed by atoms with Crippen molar-refractivity contribution in [3.05, 3.63) is 50.5 Å². The van der Waals surface area contributed by atoms with Crippen molar-refractivity contribution >= 4 is 57.7 Å². The number of H-pyrrole nitrogens is 1. The number of likely N-dealkylation sites (N-methyl/N-ethyl adjacent to an activating group) is 1. The van der Waals surface area contributed by atoms with E-state index in [9.17, 15) is 39.3 Å². The molecule has 2 atom stereocenters. The number of carboxylic acid groups (broad SMARTS) is 2. The molecule has 1 fully saturated rings. The van der Waals surface area contributed by atoms with Crippen molar-refractivity contribution in [1.82, 2.24) is 20.2 Å². The highest BCUT2D eigenvalue weighted by molar-refractivity contribution is 8.00. The van der Waals surface area contributed by atoms with E-state index in [1.807, 2.05) is 14.1 Å². The molecular weight excluding hydrogens is 606 g/mol. The van der Waals surface area contributed by atoms with Gasteiger partial charge in [-0.05, 0) is 13.8 Å². The number of quaternary nitrogens is 1. The van der Waals surface area contributed by atoms with Crippen LogP contribution in [0.15, 0.2) is 38.9 Å². The molecule has 0 saturated carbocycles. The van der Waals surface area contributed by atoms with Crippen molar-refractivity contribution in [2.45, 2.75) is 37.4 Å². The highest BCUT2D eigenvalue weighted by Crippen LogP contribution is 2.41. The van der Waals surface area contributed by atoms with Gasteiger partial charge in [-0.25, -0.2) is 14.6 Å². The number of thioether (sulfide) groups is 1. The SMILES string of the molecule is CC(C)(ON=C(C(=O)N[C@@H]1C(=O)N2C(C(=O)O)=C(C[N+](C)(C)Cc3cc(=O)c(O)c[nH]3)CS[C@@H]12)c1csc(N)n1)C(=O)O. The van der Waals surface area contributed by atoms with Crippen LogP contribution in [-0.2, 0) is 30.6 Å². The second-order valence-corrected chi connectivity index (χ2v) is 13.0. The number of β-lactam (4-membered cyclic amide) rings is 1. The average molecular weight is 637 g/mol. The number of amides is 2. The third-order valence-electron chi connectivity index (χ3n) is 6.57. The van der Waals surface area contributed by atoms with Gasteiger partial charge in [0.25, 0.3) is 11.8 Å². The van der Waals surface area contributed by atoms with Gasteiger partial charge in [0.1, 0.15) is 35.9 Å². The third-order valence-corrected chi connectivity index (χ3v) is 8.58. The summed E-state index contributed by atoms with van der Waals surface area (Å²) in [7, 11) is 3.66. The lowest BCUT2D eigenvalue weighted by Crippen LogP contribution is -2.71. The number of oxime groups is 1. The summed E-state index contributed by atoms with van der Waals surface area (Å²) in [5.74, 6) is -4.35. The summed E-state index contributed by atoms with van der Waals surface area (Å²) in [6.07, 6.45) is 1.19. The monoisotopic (exact) mass is 636 g/mol. The van der Waals surface area contributed by atoms with Crippen LogP contribution in [0.3, 0.4) is 0 Å². The lowest BCUT2D eigenvalue weighted by atomic mass is 10.0. The third kappa shape index (κ3) is 6.65. The number of anilines is 1. The fourth-order valence-corrected chi connectivity index (χ4v) is 6.33. The topological polar surface area (TPSA) is 238 Å². The Morgan fingerprint density at radius 3 is 2.56 bits per heavy atom. The first-order chi connectivity index (χ1) is 20.0. The highest BCUT2D eigenvalue weighted by Gasteiger charge is 2.55. The minimum atomic E-state index is -1.78. The van der Waals surface area contributed by atoms with Crippen molar-refractivity contribution in [2.75, 3.05) is 32.1 Å². The second kappa shape index (κ2) is 11.7. The van der Waals surface area contributed by atoms with Crippen LogP contribution in [0.2, 0.25) is 0 Å². The molecule has 0 bridgehead atoms. The standard InChI is InChI=1S/C25H29N7O9S2/c1-25(2,23(39)40)41-30-16(13-10-43-24(26)28-13)19(35)29-17-20(36)31-18(22(37)38)11(9-42-21(17)31)7-32(3,4)8-12-5-14(33)15(34)6-27-12/h5-6,10,17,21H,7-9H2,1-4H3,(H6-,26,27,28,29,30,33,34,35,37,38,39,40)/p+1/t17-,21+/m1/s1. The molecule has 43 heavy (non-hydrogen) atoms. The molecule has 1 saturated heterocycles. The molecule has 7 N–H and O–H groups in total. The van der Waals surface area contributed by atoms with E-state index in [-0.39, 0.29) is 33.3 Å². The molecule has 0 aromatic carbocycles. The zero-order valence-corrected chi connectivity index (χ0v) is 25.1. The van der Waals surface area contributed by atoms with Gasteiger partial charge in [0, 0.05) is 29.0 Å². The average Bonchev–Trinajstić information content (AvgIpc) is 3.34. The molecule has 2 amide bonds. The largest absolute Gasteiger partial charge is 0.503 e. The van der Waals surface area contributed by atoms with E-state index < -0.39 is 57.7 Å². The molecular formula is C25H30N7O9S2+. The first-order valence-corrected chi connectivity index (χ1v) is 14.6. The molecule has 4 rings (SSSR count). The number of nitrogens with zero attached hydrogens (tertiary/aromatic N) is 4. The molecule has 0 spiro atoms. The number of aromatic amines is 1. The smallest absolute Gasteiger partial charge is 0.352 e. The molecule has 2 aromatic rings. The van der Waals surface area contributed by atoms with Gasteiger partial charge in [0.15, 0.2) is 16.6 Å². The molecule has 0 radical (unpaired) electrons. The second-order valence-electron chi connectivity index (χ2n) is 11.0. The van der Waals surface area contributed by atoms with E-state index in [4.69, 9.17) is 10.6 Å². The molecule has 2 aromatic heterocycles. The number of aromatic nitrogens is 2. The molecule has 2 aliphatic heterocycles. The number of aromatic hydroxyl groups is 1. The Bertz CT molecular complexity index is 1610. The number of fused-ring (bicyclic) bond motifs is 1. The summed E-state index contributed by atoms with van der Waals surface area (Å²) in [6, 6.07) is 0.164. The van der Waals surface area contributed by atoms with E-state index in [1.165, 1.54) is 43.3 Å². The van der Waals surface area contributed by atoms with Gasteiger partial charge in [-0.1, -0.05) is 5.16 Å². The molecule has 230 valence electrons. The van der Waals surface area contributed by atoms with Crippen molar-refractivity contribution in [1.29, 1.82) is 0 Å². The Kier molecular flexibility index (Phi) is 8.57. The van der Waals surface area contributed by atoms with E-state index in [1.54, 1.807) is 0 Å². The van der Waals surface area contributed by atoms with Gasteiger partial charge >= 0.3 is 11.9 Å². The zero-order valence-electron chi connectivity index (χ0n) is 23.5. The number of rotatable bonds is 11. The number of aliphatic carboxylic acids is 2. The van der Waals surface area contributed by atoms with Gasteiger partial charge < -0.3 is 40.7 Å². The number of hydrogen-bond acceptors (Lipinski definition) is 12. The zero-order chi connectivity index (χ0) is 31.9. The predicted molar refractivity (Wildman–Crippen MR) is 155 cm³/mol. The van der Waals surface area contributed by atoms with Crippen molar-refractivity contribution in [3.8, 4) is 5.75 Å². The number of hydrogen-bond donors (Lipinski definition) is 6. The number of carbonyl (C=O) groups is 4. The Labute approximate surface area is 252 Å². The number of nitrogen functional groups attached to an aromatic ring is 1. The van der Waals surface area contributed by atoms with E-state index in [0.717, 1.165) is 16.2 Å². The van der Waals surface area contributed by atoms with Crippen LogP contribution < -0.4 is 16.5 Å². The minimum Gasteiger partial charge on any atom is -0.503 e. The Hall–Kier alpha value is -4.42. The van der Waals surface area contributed by atoms with Crippen molar-refractivity contribution in [3.63, 3.8) is 0 Å². The van der Waals surface area contributed by atoms with Crippen LogP contribution in [0, 0.1) is 0 Å². The van der Waals surface area contributed by atoms with Crippen LogP contribution in [-0.4, -0.2) is 108 Å². The Morgan fingerprint density at radius 1 is 1.28 bits per heavy atom. The molecule has 0 unspecified atom stereocenters. The maximum absolute atomic E-state index is 13.3. The van der Waals surface area contributed by atoms with Gasteiger partial charge in [-0.15, -0.1) is 23.1 Å². The number of carbonyl (C=O) groups excluding carboxylic acids is 2. The predicted octanol–water partition coefficient (Wildman–Crippen LogP) is -0.282. The maximum Gasteiger partial charge on any atom is 0.352 e. The van der Waals surface area contributed by atoms with Crippen LogP contribution in [0.4, 0.5) is 5.13 Å². The molecule has 0 aliphatic carbocycles. The lowest BCUT2D eigenvalue weighted by Gasteiger charge is -2.49. The summed E-state index contributed by atoms with van der Waals surface area (Å²) in [5.41, 5.74) is 3.79. The van der Waals surface area contributed by atoms with Crippen LogP contribution in [0.1, 0.15) is 25.2 Å². The maximum atomic E-state index is 13.3. The molecule has 4 heterocycles. The minimum absolute atomic E-state index is 0.00416. The number of carboxylic acids is 2. The molecule has 2 aliphatic rings. The van der Waals surface area contributed by atoms with Gasteiger partial charge in [-0.3, -0.25) is 19.3 Å². The van der Waals surface area contributed by atoms with Gasteiger partial charge in [0.2, 0.25) is 11.0 Å². The normalized spacial score (nSPS) is 19.0. The lowest BCUT2D eigenvalue weighted by molar-refractivity contribution is -0.899. The van der Waals surface area contributed by atoms with Crippen LogP contribution in [0.25, 0.3) is 0 Å². The first kappa shape index (κ1) is 31.5. The summed E-state index contributed by atoms with van der Waals surface area (Å²) in [4.78, 5) is 75.2. The summed E-state index contributed by atoms with van der Waals surface area (Å²) >= 11 is 2.28. The van der Waals surface area contributed by atoms with Crippen molar-refractivity contribution in [2.24, 2.45) is 5.16 Å². The Balaban J connectivity index is 1.53. The van der Waals surface area contributed by atoms with Gasteiger partial charge in [-0.2, -0.15) is 0 Å². The number of nitrogens with one attached hydrogen (secondary N) is 2. The first-order valence-electron chi connectivity index (χ1n) is 12.6. The fraction of sp³-hybridized carbons (Fsp3) is 0.400. The Morgan fingerprint density at radius 2 is 1.98 bits per heavy atom. The van der Waals surface area contributed by atoms with E-state index in [0.29, 0.717) is 17.8 Å². The fourth-order valence-electron chi connectivity index (χ4n) is 4.45. The van der Waals surface area contributed by atoms with Gasteiger partial charge in [0.05, 0.1) is 19.8 Å². The highest BCUT2D eigenvalue weighted by atomic mass is 32.2. The summed E-state index contributed by atoms with van der Waals surface area (Å²) in [5, 5.41) is 36.0. The quantitative estimate of drug-likeness (QED) is 0.0808. The van der Waals surface area contributed by atoms with E-state index in [2.05, 4.69) is 20.4 Å². The van der Waals surface area contributed by atoms with Crippen LogP contribution >= 0.6 is 23.1 Å². The van der Waals surface area contributed by atoms with E-state index >= 15 is 0 Å². The summed E-state index contributed by atoms with van der Waals surface area (Å²) < 4.78 is 0.226. The number of nitrogens with two attached hydrogens (primary N) is 1. The molecule has 18 heteroatoms. The summed E-state index contributed by atoms with van der Waals surface area (Å²) in [6.45, 7) is 2.99.